The summed E-state index contributed by atoms with van der Waals surface area (Å²) in [4.78, 5) is 39.5. The molecule has 0 saturated heterocycles. The van der Waals surface area contributed by atoms with Gasteiger partial charge in [-0.1, -0.05) is 18.3 Å². The molecular formula is C13H13N5O4S. The number of nitrogens with one attached hydrogen (secondary N) is 1. The van der Waals surface area contributed by atoms with E-state index in [9.17, 15) is 14.4 Å². The number of fused-ring (bicyclic) bond motifs is 1. The summed E-state index contributed by atoms with van der Waals surface area (Å²) in [6, 6.07) is 1.28. The average Bonchev–Trinajstić information content (AvgIpc) is 2.97. The zero-order valence-corrected chi connectivity index (χ0v) is 13.1. The Morgan fingerprint density at radius 1 is 1.43 bits per heavy atom. The van der Waals surface area contributed by atoms with Crippen LogP contribution in [0.4, 0.5) is 0 Å². The van der Waals surface area contributed by atoms with Crippen LogP contribution < -0.4 is 11.0 Å². The van der Waals surface area contributed by atoms with Gasteiger partial charge in [0.15, 0.2) is 0 Å². The Morgan fingerprint density at radius 2 is 2.26 bits per heavy atom. The van der Waals surface area contributed by atoms with E-state index >= 15 is 0 Å². The quantitative estimate of drug-likeness (QED) is 0.788. The average molecular weight is 335 g/mol. The van der Waals surface area contributed by atoms with Crippen LogP contribution in [-0.2, 0) is 27.4 Å². The van der Waals surface area contributed by atoms with E-state index in [1.807, 2.05) is 6.92 Å². The molecular weight excluding hydrogens is 322 g/mol. The lowest BCUT2D eigenvalue weighted by Crippen LogP contribution is -2.30. The molecule has 9 nitrogen and oxygen atoms in total. The van der Waals surface area contributed by atoms with Gasteiger partial charge in [0.1, 0.15) is 17.3 Å². The fourth-order valence-electron chi connectivity index (χ4n) is 1.96. The van der Waals surface area contributed by atoms with Crippen LogP contribution in [0.15, 0.2) is 16.0 Å². The largest absolute Gasteiger partial charge is 0.455 e. The molecule has 23 heavy (non-hydrogen) atoms. The van der Waals surface area contributed by atoms with Gasteiger partial charge in [0.05, 0.1) is 5.69 Å². The summed E-state index contributed by atoms with van der Waals surface area (Å²) in [5, 5.41) is 8.60. The Kier molecular flexibility index (Phi) is 4.15. The van der Waals surface area contributed by atoms with Gasteiger partial charge in [-0.25, -0.2) is 15.2 Å². The number of nitrogens with zero attached hydrogens (tertiary/aromatic N) is 4. The fraction of sp³-hybridized carbons (Fsp3) is 0.385. The summed E-state index contributed by atoms with van der Waals surface area (Å²) in [5.74, 6) is -0.871. The van der Waals surface area contributed by atoms with E-state index in [0.29, 0.717) is 17.1 Å². The third-order valence-electron chi connectivity index (χ3n) is 3.13. The number of esters is 1. The molecule has 2 aromatic heterocycles. The molecule has 1 N–H and O–H groups in total. The lowest BCUT2D eigenvalue weighted by molar-refractivity contribution is -0.137. The van der Waals surface area contributed by atoms with Crippen molar-refractivity contribution in [1.29, 1.82) is 0 Å². The first-order valence-corrected chi connectivity index (χ1v) is 7.79. The van der Waals surface area contributed by atoms with Gasteiger partial charge in [-0.05, 0) is 6.42 Å². The summed E-state index contributed by atoms with van der Waals surface area (Å²) < 4.78 is 6.32. The van der Waals surface area contributed by atoms with E-state index in [2.05, 4.69) is 20.6 Å². The van der Waals surface area contributed by atoms with Crippen LogP contribution in [0.3, 0.4) is 0 Å². The number of ether oxygens (including phenoxy) is 1. The van der Waals surface area contributed by atoms with Crippen molar-refractivity contribution < 1.29 is 14.3 Å². The molecule has 3 rings (SSSR count). The zero-order chi connectivity index (χ0) is 16.4. The summed E-state index contributed by atoms with van der Waals surface area (Å²) in [7, 11) is 0. The first kappa shape index (κ1) is 15.3. The highest BCUT2D eigenvalue weighted by atomic mass is 32.1. The van der Waals surface area contributed by atoms with E-state index in [1.54, 1.807) is 0 Å². The summed E-state index contributed by atoms with van der Waals surface area (Å²) in [6.45, 7) is 1.80. The minimum absolute atomic E-state index is 0.142. The predicted octanol–water partition coefficient (Wildman–Crippen LogP) is 0.0226. The smallest absolute Gasteiger partial charge is 0.354 e. The fourth-order valence-corrected chi connectivity index (χ4v) is 2.81. The van der Waals surface area contributed by atoms with Crippen LogP contribution in [0.1, 0.15) is 30.5 Å². The molecule has 10 heteroatoms. The third kappa shape index (κ3) is 3.26. The van der Waals surface area contributed by atoms with Gasteiger partial charge in [0.2, 0.25) is 10.9 Å². The van der Waals surface area contributed by atoms with E-state index in [-0.39, 0.29) is 36.6 Å². The molecule has 0 atom stereocenters. The first-order chi connectivity index (χ1) is 11.1. The standard InChI is InChI=1S/C13H13N5O4S/c1-2-10-17-18-11(20)5-7(14-13(18)23-10)6-22-12(21)8-3-4-9(19)16-15-8/h5H,2-4,6H2,1H3,(H,16,19). The number of carbonyl (C=O) groups excluding carboxylic acids is 2. The second-order valence-electron chi connectivity index (χ2n) is 4.80. The van der Waals surface area contributed by atoms with Gasteiger partial charge in [0, 0.05) is 18.9 Å². The molecule has 0 saturated carbocycles. The maximum Gasteiger partial charge on any atom is 0.354 e. The minimum atomic E-state index is -0.634. The van der Waals surface area contributed by atoms with Crippen molar-refractivity contribution in [2.24, 2.45) is 5.10 Å². The number of hydrogen-bond acceptors (Lipinski definition) is 8. The van der Waals surface area contributed by atoms with Crippen LogP contribution in [0.5, 0.6) is 0 Å². The molecule has 0 aromatic carbocycles. The molecule has 1 aliphatic heterocycles. The normalized spacial score (nSPS) is 14.5. The second kappa shape index (κ2) is 6.24. The molecule has 0 fully saturated rings. The first-order valence-electron chi connectivity index (χ1n) is 6.98. The molecule has 0 radical (unpaired) electrons. The van der Waals surface area contributed by atoms with Crippen molar-refractivity contribution in [2.45, 2.75) is 32.8 Å². The number of hydrazone groups is 1. The van der Waals surface area contributed by atoms with Crippen LogP contribution in [0, 0.1) is 0 Å². The molecule has 120 valence electrons. The monoisotopic (exact) mass is 335 g/mol. The maximum atomic E-state index is 12.0. The molecule has 0 bridgehead atoms. The van der Waals surface area contributed by atoms with Crippen LogP contribution in [0.25, 0.3) is 4.96 Å². The Hall–Kier alpha value is -2.62. The topological polar surface area (TPSA) is 115 Å². The Balaban J connectivity index is 1.73. The molecule has 2 aromatic rings. The molecule has 0 unspecified atom stereocenters. The van der Waals surface area contributed by atoms with E-state index < -0.39 is 5.97 Å². The molecule has 1 aliphatic rings. The Labute approximate surface area is 134 Å². The van der Waals surface area contributed by atoms with Crippen molar-refractivity contribution >= 4 is 33.9 Å². The highest BCUT2D eigenvalue weighted by Gasteiger charge is 2.20. The summed E-state index contributed by atoms with van der Waals surface area (Å²) >= 11 is 1.32. The van der Waals surface area contributed by atoms with E-state index in [1.165, 1.54) is 21.9 Å². The van der Waals surface area contributed by atoms with Crippen molar-refractivity contribution in [2.75, 3.05) is 0 Å². The van der Waals surface area contributed by atoms with Crippen molar-refractivity contribution in [1.82, 2.24) is 20.0 Å². The van der Waals surface area contributed by atoms with Gasteiger partial charge >= 0.3 is 5.97 Å². The number of carbonyl (C=O) groups is 2. The Bertz CT molecular complexity index is 869. The summed E-state index contributed by atoms with van der Waals surface area (Å²) in [6.07, 6.45) is 1.14. The van der Waals surface area contributed by atoms with E-state index in [4.69, 9.17) is 4.74 Å². The lowest BCUT2D eigenvalue weighted by Gasteiger charge is -2.11. The second-order valence-corrected chi connectivity index (χ2v) is 5.84. The van der Waals surface area contributed by atoms with E-state index in [0.717, 1.165) is 5.01 Å². The highest BCUT2D eigenvalue weighted by molar-refractivity contribution is 7.16. The maximum absolute atomic E-state index is 12.0. The molecule has 0 spiro atoms. The van der Waals surface area contributed by atoms with Crippen molar-refractivity contribution in [3.63, 3.8) is 0 Å². The third-order valence-corrected chi connectivity index (χ3v) is 4.19. The van der Waals surface area contributed by atoms with Crippen molar-refractivity contribution in [3.8, 4) is 0 Å². The van der Waals surface area contributed by atoms with Crippen LogP contribution in [-0.4, -0.2) is 32.2 Å². The zero-order valence-electron chi connectivity index (χ0n) is 12.2. The minimum Gasteiger partial charge on any atom is -0.455 e. The van der Waals surface area contributed by atoms with Gasteiger partial charge in [-0.2, -0.15) is 14.7 Å². The lowest BCUT2D eigenvalue weighted by atomic mass is 10.2. The van der Waals surface area contributed by atoms with Crippen molar-refractivity contribution in [3.05, 3.63) is 27.1 Å². The van der Waals surface area contributed by atoms with Crippen LogP contribution in [0.2, 0.25) is 0 Å². The number of amides is 1. The number of aryl methyl sites for hydroxylation is 1. The molecule has 1 amide bonds. The SMILES string of the molecule is CCc1nn2c(=O)cc(COC(=O)C3=NNC(=O)CC3)nc2s1. The number of aromatic nitrogens is 3. The predicted molar refractivity (Wildman–Crippen MR) is 81.1 cm³/mol. The summed E-state index contributed by atoms with van der Waals surface area (Å²) in [5.41, 5.74) is 2.40. The number of hydrogen-bond donors (Lipinski definition) is 1. The number of rotatable bonds is 4. The molecule has 0 aliphatic carbocycles. The van der Waals surface area contributed by atoms with Crippen LogP contribution >= 0.6 is 11.3 Å². The Morgan fingerprint density at radius 3 is 2.96 bits per heavy atom. The van der Waals surface area contributed by atoms with Gasteiger partial charge in [-0.15, -0.1) is 0 Å². The molecule has 3 heterocycles. The highest BCUT2D eigenvalue weighted by Crippen LogP contribution is 2.12. The van der Waals surface area contributed by atoms with Gasteiger partial charge in [0.25, 0.3) is 5.56 Å². The van der Waals surface area contributed by atoms with Gasteiger partial charge < -0.3 is 4.74 Å². The van der Waals surface area contributed by atoms with Gasteiger partial charge in [-0.3, -0.25) is 9.59 Å².